The Kier molecular flexibility index (Phi) is 5.90. The molecule has 1 aliphatic rings. The molecule has 0 saturated heterocycles. The lowest BCUT2D eigenvalue weighted by molar-refractivity contribution is -0.140. The van der Waals surface area contributed by atoms with E-state index in [0.29, 0.717) is 0 Å². The second kappa shape index (κ2) is 6.96. The van der Waals surface area contributed by atoms with E-state index in [9.17, 15) is 14.7 Å². The third-order valence-corrected chi connectivity index (χ3v) is 4.12. The van der Waals surface area contributed by atoms with Gasteiger partial charge < -0.3 is 15.5 Å². The molecule has 1 aliphatic carbocycles. The van der Waals surface area contributed by atoms with Crippen LogP contribution < -0.4 is 5.32 Å². The predicted octanol–water partition coefficient (Wildman–Crippen LogP) is 0.887. The standard InChI is InChI=1S/C11H14BrNO4S/c1-6(14)13-8(11(16)17)5-18-10-3-2-7(12)4-9(10)15/h2-4,8-10,15H,5H2,1H3,(H,13,14)(H,16,17)/t8-,9+,10+/m0/s1. The lowest BCUT2D eigenvalue weighted by atomic mass is 10.1. The van der Waals surface area contributed by atoms with E-state index >= 15 is 0 Å². The number of allylic oxidation sites excluding steroid dienone is 2. The molecular weight excluding hydrogens is 322 g/mol. The van der Waals surface area contributed by atoms with E-state index in [2.05, 4.69) is 21.2 Å². The van der Waals surface area contributed by atoms with Crippen molar-refractivity contribution in [1.29, 1.82) is 0 Å². The van der Waals surface area contributed by atoms with E-state index < -0.39 is 18.1 Å². The Morgan fingerprint density at radius 3 is 2.78 bits per heavy atom. The molecule has 0 fully saturated rings. The van der Waals surface area contributed by atoms with Gasteiger partial charge in [-0.1, -0.05) is 28.1 Å². The van der Waals surface area contributed by atoms with Gasteiger partial charge in [-0.2, -0.15) is 0 Å². The average molecular weight is 336 g/mol. The largest absolute Gasteiger partial charge is 0.480 e. The number of nitrogens with one attached hydrogen (secondary N) is 1. The van der Waals surface area contributed by atoms with Crippen molar-refractivity contribution in [2.45, 2.75) is 24.3 Å². The maximum atomic E-state index is 10.9. The van der Waals surface area contributed by atoms with Crippen LogP contribution in [-0.2, 0) is 9.59 Å². The summed E-state index contributed by atoms with van der Waals surface area (Å²) >= 11 is 4.53. The molecule has 100 valence electrons. The molecule has 0 saturated carbocycles. The van der Waals surface area contributed by atoms with Gasteiger partial charge in [-0.05, 0) is 6.08 Å². The number of amides is 1. The van der Waals surface area contributed by atoms with E-state index in [-0.39, 0.29) is 16.9 Å². The molecule has 0 aliphatic heterocycles. The van der Waals surface area contributed by atoms with Crippen LogP contribution in [0.4, 0.5) is 0 Å². The lowest BCUT2D eigenvalue weighted by Gasteiger charge is -2.22. The van der Waals surface area contributed by atoms with Gasteiger partial charge in [0.15, 0.2) is 0 Å². The van der Waals surface area contributed by atoms with Gasteiger partial charge in [-0.25, -0.2) is 4.79 Å². The highest BCUT2D eigenvalue weighted by Crippen LogP contribution is 2.25. The van der Waals surface area contributed by atoms with E-state index in [1.165, 1.54) is 18.7 Å². The molecule has 0 aromatic heterocycles. The van der Waals surface area contributed by atoms with Crippen LogP contribution in [0.25, 0.3) is 0 Å². The molecule has 1 amide bonds. The van der Waals surface area contributed by atoms with Crippen LogP contribution in [0.15, 0.2) is 22.7 Å². The van der Waals surface area contributed by atoms with Gasteiger partial charge in [0, 0.05) is 17.2 Å². The first-order valence-electron chi connectivity index (χ1n) is 5.25. The molecule has 5 nitrogen and oxygen atoms in total. The number of hydrogen-bond donors (Lipinski definition) is 3. The molecule has 0 bridgehead atoms. The first kappa shape index (κ1) is 15.3. The number of carboxylic acid groups (broad SMARTS) is 1. The molecule has 0 unspecified atom stereocenters. The summed E-state index contributed by atoms with van der Waals surface area (Å²) in [5, 5.41) is 20.8. The zero-order valence-electron chi connectivity index (χ0n) is 9.67. The molecular formula is C11H14BrNO4S. The molecule has 0 heterocycles. The zero-order chi connectivity index (χ0) is 13.7. The fourth-order valence-corrected chi connectivity index (χ4v) is 2.93. The first-order chi connectivity index (χ1) is 8.40. The van der Waals surface area contributed by atoms with Gasteiger partial charge in [0.1, 0.15) is 6.04 Å². The fourth-order valence-electron chi connectivity index (χ4n) is 1.40. The number of aliphatic carboxylic acids is 1. The zero-order valence-corrected chi connectivity index (χ0v) is 12.1. The van der Waals surface area contributed by atoms with Crippen LogP contribution in [-0.4, -0.2) is 45.2 Å². The molecule has 0 spiro atoms. The monoisotopic (exact) mass is 335 g/mol. The van der Waals surface area contributed by atoms with Gasteiger partial charge >= 0.3 is 5.97 Å². The summed E-state index contributed by atoms with van der Waals surface area (Å²) in [7, 11) is 0. The Hall–Kier alpha value is -0.790. The summed E-state index contributed by atoms with van der Waals surface area (Å²) in [4.78, 5) is 21.8. The fraction of sp³-hybridized carbons (Fsp3) is 0.455. The second-order valence-corrected chi connectivity index (χ2v) is 5.92. The second-order valence-electron chi connectivity index (χ2n) is 3.79. The van der Waals surface area contributed by atoms with Crippen LogP contribution >= 0.6 is 27.7 Å². The van der Waals surface area contributed by atoms with Crippen LogP contribution in [0.2, 0.25) is 0 Å². The van der Waals surface area contributed by atoms with Crippen molar-refractivity contribution >= 4 is 39.6 Å². The Morgan fingerprint density at radius 1 is 1.61 bits per heavy atom. The van der Waals surface area contributed by atoms with E-state index in [0.717, 1.165) is 4.48 Å². The number of aliphatic hydroxyl groups is 1. The summed E-state index contributed by atoms with van der Waals surface area (Å²) in [6, 6.07) is -0.942. The van der Waals surface area contributed by atoms with Gasteiger partial charge in [0.2, 0.25) is 5.91 Å². The molecule has 0 radical (unpaired) electrons. The van der Waals surface area contributed by atoms with Gasteiger partial charge in [-0.15, -0.1) is 11.8 Å². The number of carbonyl (C=O) groups is 2. The molecule has 18 heavy (non-hydrogen) atoms. The Bertz CT molecular complexity index is 397. The molecule has 3 N–H and O–H groups in total. The number of carboxylic acids is 1. The summed E-state index contributed by atoms with van der Waals surface area (Å²) in [6.45, 7) is 1.27. The molecule has 7 heteroatoms. The number of carbonyl (C=O) groups excluding carboxylic acids is 1. The van der Waals surface area contributed by atoms with Crippen LogP contribution in [0.5, 0.6) is 0 Å². The highest BCUT2D eigenvalue weighted by Gasteiger charge is 2.23. The minimum atomic E-state index is -1.08. The van der Waals surface area contributed by atoms with Gasteiger partial charge in [0.25, 0.3) is 0 Å². The summed E-state index contributed by atoms with van der Waals surface area (Å²) in [6.07, 6.45) is 4.58. The van der Waals surface area contributed by atoms with E-state index in [4.69, 9.17) is 5.11 Å². The van der Waals surface area contributed by atoms with Crippen molar-refractivity contribution in [3.8, 4) is 0 Å². The number of aliphatic hydroxyl groups excluding tert-OH is 1. The molecule has 1 rings (SSSR count). The minimum Gasteiger partial charge on any atom is -0.480 e. The van der Waals surface area contributed by atoms with Crippen LogP contribution in [0, 0.1) is 0 Å². The molecule has 0 aromatic carbocycles. The Morgan fingerprint density at radius 2 is 2.28 bits per heavy atom. The van der Waals surface area contributed by atoms with Crippen molar-refractivity contribution in [1.82, 2.24) is 5.32 Å². The third kappa shape index (κ3) is 4.83. The molecule has 0 aromatic rings. The maximum absolute atomic E-state index is 10.9. The van der Waals surface area contributed by atoms with Crippen LogP contribution in [0.3, 0.4) is 0 Å². The number of halogens is 1. The van der Waals surface area contributed by atoms with Crippen molar-refractivity contribution in [3.05, 3.63) is 22.7 Å². The highest BCUT2D eigenvalue weighted by atomic mass is 79.9. The lowest BCUT2D eigenvalue weighted by Crippen LogP contribution is -2.42. The van der Waals surface area contributed by atoms with Gasteiger partial charge in [0.05, 0.1) is 11.4 Å². The number of thioether (sulfide) groups is 1. The van der Waals surface area contributed by atoms with Crippen molar-refractivity contribution < 1.29 is 19.8 Å². The maximum Gasteiger partial charge on any atom is 0.327 e. The number of hydrogen-bond acceptors (Lipinski definition) is 4. The quantitative estimate of drug-likeness (QED) is 0.694. The van der Waals surface area contributed by atoms with Crippen molar-refractivity contribution in [2.75, 3.05) is 5.75 Å². The normalized spacial score (nSPS) is 24.3. The van der Waals surface area contributed by atoms with E-state index in [1.54, 1.807) is 18.2 Å². The molecule has 3 atom stereocenters. The summed E-state index contributed by atoms with van der Waals surface area (Å²) < 4.78 is 0.795. The van der Waals surface area contributed by atoms with Gasteiger partial charge in [-0.3, -0.25) is 4.79 Å². The average Bonchev–Trinajstić information content (AvgIpc) is 2.25. The number of rotatable bonds is 5. The topological polar surface area (TPSA) is 86.6 Å². The first-order valence-corrected chi connectivity index (χ1v) is 7.09. The summed E-state index contributed by atoms with van der Waals surface area (Å²) in [5.74, 6) is -1.26. The SMILES string of the molecule is CC(=O)N[C@@H](CS[C@@H]1C=CC(Br)=C[C@H]1O)C(=O)O. The van der Waals surface area contributed by atoms with Crippen molar-refractivity contribution in [2.24, 2.45) is 0 Å². The minimum absolute atomic E-state index is 0.201. The smallest absolute Gasteiger partial charge is 0.327 e. The summed E-state index contributed by atoms with van der Waals surface area (Å²) in [5.41, 5.74) is 0. The highest BCUT2D eigenvalue weighted by molar-refractivity contribution is 9.11. The van der Waals surface area contributed by atoms with E-state index in [1.807, 2.05) is 0 Å². The third-order valence-electron chi connectivity index (χ3n) is 2.24. The Balaban J connectivity index is 2.50. The predicted molar refractivity (Wildman–Crippen MR) is 73.6 cm³/mol. The Labute approximate surface area is 117 Å². The van der Waals surface area contributed by atoms with Crippen LogP contribution in [0.1, 0.15) is 6.92 Å². The van der Waals surface area contributed by atoms with Crippen molar-refractivity contribution in [3.63, 3.8) is 0 Å².